The molecule has 0 amide bonds. The summed E-state index contributed by atoms with van der Waals surface area (Å²) < 4.78 is 15.4. The number of H-pyrrole nitrogens is 1. The van der Waals surface area contributed by atoms with Gasteiger partial charge in [0.1, 0.15) is 5.82 Å². The molecular formula is C32H36N4O4. The number of rotatable bonds is 13. The van der Waals surface area contributed by atoms with Gasteiger partial charge in [-0.15, -0.1) is 0 Å². The summed E-state index contributed by atoms with van der Waals surface area (Å²) in [5.41, 5.74) is 7.60. The molecule has 1 heterocycles. The maximum absolute atomic E-state index is 11.8. The van der Waals surface area contributed by atoms with E-state index in [1.807, 2.05) is 43.4 Å². The Morgan fingerprint density at radius 3 is 2.17 bits per heavy atom. The first-order chi connectivity index (χ1) is 19.6. The molecule has 0 saturated carbocycles. The van der Waals surface area contributed by atoms with Crippen LogP contribution in [-0.2, 0) is 19.0 Å². The van der Waals surface area contributed by atoms with Crippen LogP contribution in [0.2, 0.25) is 0 Å². The zero-order chi connectivity index (χ0) is 28.3. The molecule has 2 N–H and O–H groups in total. The van der Waals surface area contributed by atoms with Crippen molar-refractivity contribution in [2.24, 2.45) is 0 Å². The highest BCUT2D eigenvalue weighted by Crippen LogP contribution is 2.35. The second kappa shape index (κ2) is 14.1. The highest BCUT2D eigenvalue weighted by molar-refractivity contribution is 5.89. The van der Waals surface area contributed by atoms with Crippen LogP contribution < -0.4 is 10.2 Å². The number of nitrogens with one attached hydrogen (secondary N) is 2. The molecule has 0 radical (unpaired) electrons. The van der Waals surface area contributed by atoms with E-state index < -0.39 is 5.97 Å². The van der Waals surface area contributed by atoms with Gasteiger partial charge >= 0.3 is 5.97 Å². The van der Waals surface area contributed by atoms with E-state index in [-0.39, 0.29) is 0 Å². The molecular weight excluding hydrogens is 504 g/mol. The first kappa shape index (κ1) is 28.6. The van der Waals surface area contributed by atoms with Crippen molar-refractivity contribution in [2.45, 2.75) is 0 Å². The van der Waals surface area contributed by atoms with Crippen LogP contribution >= 0.6 is 0 Å². The van der Waals surface area contributed by atoms with Gasteiger partial charge in [0.15, 0.2) is 0 Å². The average Bonchev–Trinajstić information content (AvgIpc) is 3.45. The quantitative estimate of drug-likeness (QED) is 0.165. The fourth-order valence-electron chi connectivity index (χ4n) is 4.41. The second-order valence-corrected chi connectivity index (χ2v) is 9.10. The molecule has 0 unspecified atom stereocenters. The van der Waals surface area contributed by atoms with Crippen LogP contribution in [0.4, 0.5) is 11.4 Å². The number of anilines is 2. The Kier molecular flexibility index (Phi) is 10.1. The van der Waals surface area contributed by atoms with Gasteiger partial charge in [-0.1, -0.05) is 48.5 Å². The summed E-state index contributed by atoms with van der Waals surface area (Å²) in [6.45, 7) is 2.80. The number of carbonyl (C=O) groups excluding carboxylic acids is 1. The SMILES string of the molecule is CNc1ccc(-c2[nH]c(-c3ccccc3C=CC(=O)OC)nc2-c2ccc(N(CCOC)CCOC)cc2)cc1. The molecule has 8 heteroatoms. The Bertz CT molecular complexity index is 1400. The number of carbonyl (C=O) groups is 1. The first-order valence-electron chi connectivity index (χ1n) is 13.1. The maximum atomic E-state index is 11.8. The topological polar surface area (TPSA) is 88.7 Å². The predicted molar refractivity (Wildman–Crippen MR) is 161 cm³/mol. The zero-order valence-corrected chi connectivity index (χ0v) is 23.4. The molecule has 0 spiro atoms. The number of ether oxygens (including phenoxy) is 3. The van der Waals surface area contributed by atoms with Crippen LogP contribution in [0.3, 0.4) is 0 Å². The molecule has 208 valence electrons. The summed E-state index contributed by atoms with van der Waals surface area (Å²) in [6, 6.07) is 24.4. The Morgan fingerprint density at radius 1 is 0.900 bits per heavy atom. The number of methoxy groups -OCH3 is 3. The summed E-state index contributed by atoms with van der Waals surface area (Å²) >= 11 is 0. The number of benzene rings is 3. The molecule has 0 bridgehead atoms. The van der Waals surface area contributed by atoms with Gasteiger partial charge in [-0.25, -0.2) is 9.78 Å². The maximum Gasteiger partial charge on any atom is 0.330 e. The number of nitrogens with zero attached hydrogens (tertiary/aromatic N) is 2. The third-order valence-corrected chi connectivity index (χ3v) is 6.62. The largest absolute Gasteiger partial charge is 0.466 e. The van der Waals surface area contributed by atoms with Gasteiger partial charge in [-0.05, 0) is 35.9 Å². The van der Waals surface area contributed by atoms with Crippen LogP contribution in [0.25, 0.3) is 40.0 Å². The van der Waals surface area contributed by atoms with E-state index in [4.69, 9.17) is 19.2 Å². The molecule has 1 aromatic heterocycles. The van der Waals surface area contributed by atoms with Crippen molar-refractivity contribution in [3.8, 4) is 33.9 Å². The normalized spacial score (nSPS) is 11.1. The molecule has 0 saturated heterocycles. The van der Waals surface area contributed by atoms with Crippen LogP contribution in [0.5, 0.6) is 0 Å². The summed E-state index contributed by atoms with van der Waals surface area (Å²) in [7, 11) is 6.68. The highest BCUT2D eigenvalue weighted by atomic mass is 16.5. The van der Waals surface area contributed by atoms with E-state index >= 15 is 0 Å². The molecule has 4 aromatic rings. The fraction of sp³-hybridized carbons (Fsp3) is 0.250. The summed E-state index contributed by atoms with van der Waals surface area (Å²) in [5, 5.41) is 3.17. The molecule has 3 aromatic carbocycles. The third-order valence-electron chi connectivity index (χ3n) is 6.62. The van der Waals surface area contributed by atoms with E-state index in [0.717, 1.165) is 58.1 Å². The van der Waals surface area contributed by atoms with E-state index in [9.17, 15) is 4.79 Å². The minimum Gasteiger partial charge on any atom is -0.466 e. The van der Waals surface area contributed by atoms with Crippen molar-refractivity contribution in [1.82, 2.24) is 9.97 Å². The first-order valence-corrected chi connectivity index (χ1v) is 13.1. The molecule has 40 heavy (non-hydrogen) atoms. The van der Waals surface area contributed by atoms with Crippen LogP contribution in [0.1, 0.15) is 5.56 Å². The Morgan fingerprint density at radius 2 is 1.55 bits per heavy atom. The molecule has 8 nitrogen and oxygen atoms in total. The Balaban J connectivity index is 1.77. The van der Waals surface area contributed by atoms with Gasteiger partial charge in [0.2, 0.25) is 0 Å². The number of aromatic amines is 1. The number of aromatic nitrogens is 2. The lowest BCUT2D eigenvalue weighted by Gasteiger charge is -2.24. The van der Waals surface area contributed by atoms with Gasteiger partial charge < -0.3 is 29.4 Å². The lowest BCUT2D eigenvalue weighted by molar-refractivity contribution is -0.134. The van der Waals surface area contributed by atoms with E-state index in [1.165, 1.54) is 13.2 Å². The predicted octanol–water partition coefficient (Wildman–Crippen LogP) is 5.74. The summed E-state index contributed by atoms with van der Waals surface area (Å²) in [6.07, 6.45) is 3.16. The zero-order valence-electron chi connectivity index (χ0n) is 23.4. The fourth-order valence-corrected chi connectivity index (χ4v) is 4.41. The number of hydrogen-bond acceptors (Lipinski definition) is 7. The van der Waals surface area contributed by atoms with Crippen molar-refractivity contribution in [1.29, 1.82) is 0 Å². The minimum absolute atomic E-state index is 0.412. The van der Waals surface area contributed by atoms with Gasteiger partial charge in [0.25, 0.3) is 0 Å². The lowest BCUT2D eigenvalue weighted by atomic mass is 10.0. The molecule has 0 atom stereocenters. The molecule has 4 rings (SSSR count). The molecule has 0 aliphatic rings. The van der Waals surface area contributed by atoms with Crippen molar-refractivity contribution < 1.29 is 19.0 Å². The van der Waals surface area contributed by atoms with Gasteiger partial charge in [-0.3, -0.25) is 0 Å². The molecule has 0 aliphatic heterocycles. The average molecular weight is 541 g/mol. The Hall–Kier alpha value is -4.40. The monoisotopic (exact) mass is 540 g/mol. The molecule has 0 fully saturated rings. The van der Waals surface area contributed by atoms with E-state index in [1.54, 1.807) is 20.3 Å². The summed E-state index contributed by atoms with van der Waals surface area (Å²) in [5.74, 6) is 0.295. The number of esters is 1. The second-order valence-electron chi connectivity index (χ2n) is 9.10. The van der Waals surface area contributed by atoms with Crippen molar-refractivity contribution in [2.75, 3.05) is 64.9 Å². The molecule has 0 aliphatic carbocycles. The van der Waals surface area contributed by atoms with Gasteiger partial charge in [0, 0.05) is 68.5 Å². The number of imidazole rings is 1. The lowest BCUT2D eigenvalue weighted by Crippen LogP contribution is -2.30. The van der Waals surface area contributed by atoms with E-state index in [0.29, 0.717) is 19.0 Å². The van der Waals surface area contributed by atoms with E-state index in [2.05, 4.69) is 51.6 Å². The number of hydrogen-bond donors (Lipinski definition) is 2. The standard InChI is InChI=1S/C32H36N4O4/c1-33-26-14-9-24(10-15-26)30-31(25-11-16-27(17-12-25)36(19-21-38-2)20-22-39-3)35-32(34-30)28-8-6-5-7-23(28)13-18-29(37)40-4/h5-18,33H,19-22H2,1-4H3,(H,34,35). The summed E-state index contributed by atoms with van der Waals surface area (Å²) in [4.78, 5) is 22.6. The smallest absolute Gasteiger partial charge is 0.330 e. The van der Waals surface area contributed by atoms with Crippen LogP contribution in [-0.4, -0.2) is 70.6 Å². The van der Waals surface area contributed by atoms with Crippen molar-refractivity contribution in [3.05, 3.63) is 84.4 Å². The van der Waals surface area contributed by atoms with Crippen LogP contribution in [0.15, 0.2) is 78.9 Å². The minimum atomic E-state index is -0.412. The van der Waals surface area contributed by atoms with Crippen molar-refractivity contribution in [3.63, 3.8) is 0 Å². The Labute approximate surface area is 235 Å². The van der Waals surface area contributed by atoms with Gasteiger partial charge in [0.05, 0.1) is 31.7 Å². The van der Waals surface area contributed by atoms with Crippen LogP contribution in [0, 0.1) is 0 Å². The van der Waals surface area contributed by atoms with Gasteiger partial charge in [-0.2, -0.15) is 0 Å². The highest BCUT2D eigenvalue weighted by Gasteiger charge is 2.17. The van der Waals surface area contributed by atoms with Crippen molar-refractivity contribution >= 4 is 23.4 Å². The third kappa shape index (κ3) is 6.97.